The summed E-state index contributed by atoms with van der Waals surface area (Å²) in [5.41, 5.74) is 1.02. The van der Waals surface area contributed by atoms with E-state index in [1.807, 2.05) is 12.1 Å². The van der Waals surface area contributed by atoms with Crippen LogP contribution in [-0.2, 0) is 17.7 Å². The minimum Gasteiger partial charge on any atom is -0.365 e. The molecule has 3 heterocycles. The third kappa shape index (κ3) is 3.90. The summed E-state index contributed by atoms with van der Waals surface area (Å²) in [5, 5.41) is 17.6. The number of rotatable bonds is 6. The Bertz CT molecular complexity index is 885. The van der Waals surface area contributed by atoms with Gasteiger partial charge in [0.15, 0.2) is 0 Å². The second kappa shape index (κ2) is 7.64. The molecule has 1 aromatic heterocycles. The Hall–Kier alpha value is -1.66. The molecule has 1 unspecified atom stereocenters. The molecule has 0 saturated carbocycles. The summed E-state index contributed by atoms with van der Waals surface area (Å²) in [7, 11) is 0. The molecule has 0 amide bonds. The zero-order valence-electron chi connectivity index (χ0n) is 15.1. The van der Waals surface area contributed by atoms with Crippen LogP contribution in [0.5, 0.6) is 0 Å². The van der Waals surface area contributed by atoms with Crippen LogP contribution in [0, 0.1) is 16.7 Å². The summed E-state index contributed by atoms with van der Waals surface area (Å²) >= 11 is 7.16. The Morgan fingerprint density at radius 1 is 1.32 bits per heavy atom. The summed E-state index contributed by atoms with van der Waals surface area (Å²) in [4.78, 5) is 2.13. The van der Waals surface area contributed by atoms with E-state index < -0.39 is 24.0 Å². The lowest BCUT2D eigenvalue weighted by Gasteiger charge is -2.48. The Kier molecular flexibility index (Phi) is 5.36. The lowest BCUT2D eigenvalue weighted by molar-refractivity contribution is -0.301. The molecule has 0 radical (unpaired) electrons. The van der Waals surface area contributed by atoms with Gasteiger partial charge in [0.1, 0.15) is 17.7 Å². The molecule has 148 valence electrons. The van der Waals surface area contributed by atoms with Crippen molar-refractivity contribution in [3.05, 3.63) is 44.9 Å². The SMILES string of the molecule is N#Cc1ccc(CC[C@@]2(C3OCC3(F)F)CCN(Cc3nnc(Cl)s3)C2)cc1. The van der Waals surface area contributed by atoms with E-state index >= 15 is 0 Å². The topological polar surface area (TPSA) is 62.0 Å². The lowest BCUT2D eigenvalue weighted by atomic mass is 9.72. The van der Waals surface area contributed by atoms with E-state index in [1.165, 1.54) is 11.3 Å². The number of nitriles is 1. The van der Waals surface area contributed by atoms with Crippen molar-refractivity contribution in [2.75, 3.05) is 19.7 Å². The Morgan fingerprint density at radius 2 is 2.11 bits per heavy atom. The fraction of sp³-hybridized carbons (Fsp3) is 0.526. The maximum Gasteiger partial charge on any atom is 0.297 e. The van der Waals surface area contributed by atoms with E-state index in [0.29, 0.717) is 48.9 Å². The van der Waals surface area contributed by atoms with Gasteiger partial charge >= 0.3 is 0 Å². The van der Waals surface area contributed by atoms with Crippen molar-refractivity contribution < 1.29 is 13.5 Å². The highest BCUT2D eigenvalue weighted by Crippen LogP contribution is 2.50. The van der Waals surface area contributed by atoms with Crippen LogP contribution in [0.15, 0.2) is 24.3 Å². The van der Waals surface area contributed by atoms with E-state index in [0.717, 1.165) is 10.6 Å². The van der Waals surface area contributed by atoms with Crippen molar-refractivity contribution >= 4 is 22.9 Å². The Morgan fingerprint density at radius 3 is 2.68 bits per heavy atom. The van der Waals surface area contributed by atoms with Crippen LogP contribution in [0.3, 0.4) is 0 Å². The second-order valence-corrected chi connectivity index (χ2v) is 9.18. The Labute approximate surface area is 170 Å². The molecule has 2 atom stereocenters. The minimum absolute atomic E-state index is 0.384. The molecular weight excluding hydrogens is 406 g/mol. The van der Waals surface area contributed by atoms with Crippen LogP contribution in [0.1, 0.15) is 29.0 Å². The maximum atomic E-state index is 14.3. The molecule has 1 aromatic carbocycles. The number of nitrogens with zero attached hydrogens (tertiary/aromatic N) is 4. The third-order valence-electron chi connectivity index (χ3n) is 5.64. The molecule has 2 aliphatic heterocycles. The lowest BCUT2D eigenvalue weighted by Crippen LogP contribution is -2.61. The zero-order chi connectivity index (χ0) is 19.8. The summed E-state index contributed by atoms with van der Waals surface area (Å²) < 4.78 is 34.3. The van der Waals surface area contributed by atoms with Gasteiger partial charge in [-0.25, -0.2) is 8.78 Å². The number of aromatic nitrogens is 2. The largest absolute Gasteiger partial charge is 0.365 e. The summed E-state index contributed by atoms with van der Waals surface area (Å²) in [6.07, 6.45) is 0.865. The highest BCUT2D eigenvalue weighted by molar-refractivity contribution is 7.15. The predicted octanol–water partition coefficient (Wildman–Crippen LogP) is 3.92. The van der Waals surface area contributed by atoms with Gasteiger partial charge in [0.2, 0.25) is 4.47 Å². The first-order valence-electron chi connectivity index (χ1n) is 9.09. The number of ether oxygens (including phenoxy) is 1. The van der Waals surface area contributed by atoms with Crippen LogP contribution in [0.25, 0.3) is 0 Å². The first-order chi connectivity index (χ1) is 13.4. The molecule has 2 aromatic rings. The first kappa shape index (κ1) is 19.6. The molecule has 4 rings (SSSR count). The summed E-state index contributed by atoms with van der Waals surface area (Å²) in [6, 6.07) is 9.39. The van der Waals surface area contributed by atoms with Crippen LogP contribution < -0.4 is 0 Å². The van der Waals surface area contributed by atoms with Crippen molar-refractivity contribution in [3.63, 3.8) is 0 Å². The van der Waals surface area contributed by atoms with Crippen LogP contribution in [0.2, 0.25) is 4.47 Å². The molecule has 0 aliphatic carbocycles. The van der Waals surface area contributed by atoms with Crippen molar-refractivity contribution in [1.82, 2.24) is 15.1 Å². The van der Waals surface area contributed by atoms with Crippen molar-refractivity contribution in [1.29, 1.82) is 5.26 Å². The van der Waals surface area contributed by atoms with Gasteiger partial charge in [-0.1, -0.05) is 23.5 Å². The van der Waals surface area contributed by atoms with Gasteiger partial charge < -0.3 is 4.74 Å². The molecule has 28 heavy (non-hydrogen) atoms. The number of benzene rings is 1. The second-order valence-electron chi connectivity index (χ2n) is 7.53. The van der Waals surface area contributed by atoms with Crippen molar-refractivity contribution in [2.45, 2.75) is 37.8 Å². The fourth-order valence-electron chi connectivity index (χ4n) is 4.21. The van der Waals surface area contributed by atoms with Gasteiger partial charge in [-0.3, -0.25) is 4.90 Å². The zero-order valence-corrected chi connectivity index (χ0v) is 16.6. The number of alkyl halides is 2. The van der Waals surface area contributed by atoms with Gasteiger partial charge in [-0.05, 0) is 55.1 Å². The van der Waals surface area contributed by atoms with E-state index in [2.05, 4.69) is 21.2 Å². The average molecular weight is 425 g/mol. The van der Waals surface area contributed by atoms with E-state index in [9.17, 15) is 8.78 Å². The molecular formula is C19H19ClF2N4OS. The molecule has 5 nitrogen and oxygen atoms in total. The van der Waals surface area contributed by atoms with Crippen LogP contribution in [-0.4, -0.2) is 46.8 Å². The monoisotopic (exact) mass is 424 g/mol. The number of hydrogen-bond acceptors (Lipinski definition) is 6. The normalized spacial score (nSPS) is 26.7. The molecule has 0 bridgehead atoms. The van der Waals surface area contributed by atoms with Crippen molar-refractivity contribution in [2.24, 2.45) is 5.41 Å². The van der Waals surface area contributed by atoms with Crippen LogP contribution in [0.4, 0.5) is 8.78 Å². The van der Waals surface area contributed by atoms with Gasteiger partial charge in [0.25, 0.3) is 5.92 Å². The highest BCUT2D eigenvalue weighted by Gasteiger charge is 2.61. The summed E-state index contributed by atoms with van der Waals surface area (Å²) in [5.74, 6) is -2.78. The average Bonchev–Trinajstić information content (AvgIpc) is 3.26. The number of aryl methyl sites for hydroxylation is 1. The molecule has 0 spiro atoms. The third-order valence-corrected chi connectivity index (χ3v) is 6.65. The number of likely N-dealkylation sites (tertiary alicyclic amines) is 1. The molecule has 2 fully saturated rings. The van der Waals surface area contributed by atoms with Gasteiger partial charge in [0.05, 0.1) is 18.2 Å². The smallest absolute Gasteiger partial charge is 0.297 e. The van der Waals surface area contributed by atoms with Crippen LogP contribution >= 0.6 is 22.9 Å². The van der Waals surface area contributed by atoms with E-state index in [1.54, 1.807) is 12.1 Å². The minimum atomic E-state index is -2.78. The number of halogens is 3. The van der Waals surface area contributed by atoms with Crippen molar-refractivity contribution in [3.8, 4) is 6.07 Å². The molecule has 2 aliphatic rings. The molecule has 9 heteroatoms. The highest BCUT2D eigenvalue weighted by atomic mass is 35.5. The molecule has 0 N–H and O–H groups in total. The van der Waals surface area contributed by atoms with E-state index in [4.69, 9.17) is 21.6 Å². The first-order valence-corrected chi connectivity index (χ1v) is 10.3. The maximum absolute atomic E-state index is 14.3. The number of hydrogen-bond donors (Lipinski definition) is 0. The summed E-state index contributed by atoms with van der Waals surface area (Å²) in [6.45, 7) is 1.30. The van der Waals surface area contributed by atoms with E-state index in [-0.39, 0.29) is 0 Å². The standard InChI is InChI=1S/C19H19ClF2N4OS/c20-17-25-24-15(28-17)10-26-8-7-18(11-26,16-19(21,22)12-27-16)6-5-13-1-3-14(9-23)4-2-13/h1-4,16H,5-8,10-12H2/t16?,18-/m1/s1. The molecule has 2 saturated heterocycles. The predicted molar refractivity (Wildman–Crippen MR) is 101 cm³/mol. The fourth-order valence-corrected chi connectivity index (χ4v) is 5.12. The van der Waals surface area contributed by atoms with Gasteiger partial charge in [-0.15, -0.1) is 10.2 Å². The van der Waals surface area contributed by atoms with Gasteiger partial charge in [0, 0.05) is 12.0 Å². The van der Waals surface area contributed by atoms with Gasteiger partial charge in [-0.2, -0.15) is 5.26 Å². The quantitative estimate of drug-likeness (QED) is 0.703. The Balaban J connectivity index is 1.48.